The first-order valence-electron chi connectivity index (χ1n) is 10.2. The van der Waals surface area contributed by atoms with Gasteiger partial charge in [-0.25, -0.2) is 13.6 Å². The molecule has 0 saturated heterocycles. The van der Waals surface area contributed by atoms with E-state index in [-0.39, 0.29) is 12.1 Å². The summed E-state index contributed by atoms with van der Waals surface area (Å²) >= 11 is 0. The van der Waals surface area contributed by atoms with E-state index in [0.29, 0.717) is 11.3 Å². The number of aryl methyl sites for hydroxylation is 1. The van der Waals surface area contributed by atoms with Crippen LogP contribution in [0.2, 0.25) is 0 Å². The number of alkyl halides is 2. The Kier molecular flexibility index (Phi) is 8.18. The molecule has 0 radical (unpaired) electrons. The van der Waals surface area contributed by atoms with E-state index in [2.05, 4.69) is 26.0 Å². The van der Waals surface area contributed by atoms with Crippen LogP contribution in [0.1, 0.15) is 68.4 Å². The first-order valence-corrected chi connectivity index (χ1v) is 10.2. The van der Waals surface area contributed by atoms with Gasteiger partial charge in [-0.1, -0.05) is 44.9 Å². The smallest absolute Gasteiger partial charge is 0.338 e. The summed E-state index contributed by atoms with van der Waals surface area (Å²) in [4.78, 5) is 12.2. The highest BCUT2D eigenvalue weighted by atomic mass is 19.3. The fourth-order valence-corrected chi connectivity index (χ4v) is 3.12. The number of ether oxygens (including phenoxy) is 2. The summed E-state index contributed by atoms with van der Waals surface area (Å²) in [5.74, 6) is -1.29. The van der Waals surface area contributed by atoms with Gasteiger partial charge in [-0.05, 0) is 62.1 Å². The van der Waals surface area contributed by atoms with Crippen molar-refractivity contribution < 1.29 is 23.0 Å². The SMILES string of the molecule is CC(C)(F)F.CCCc1ccc(Oc2ccc3c(c2)C(=O)OC(CCC)C3)cc1. The Hall–Kier alpha value is -2.43. The number of esters is 1. The van der Waals surface area contributed by atoms with E-state index < -0.39 is 5.92 Å². The Labute approximate surface area is 172 Å². The minimum Gasteiger partial charge on any atom is -0.458 e. The van der Waals surface area contributed by atoms with Gasteiger partial charge in [-0.3, -0.25) is 0 Å². The lowest BCUT2D eigenvalue weighted by atomic mass is 9.96. The zero-order valence-corrected chi connectivity index (χ0v) is 17.6. The van der Waals surface area contributed by atoms with Crippen molar-refractivity contribution in [3.8, 4) is 11.5 Å². The van der Waals surface area contributed by atoms with Gasteiger partial charge >= 0.3 is 5.97 Å². The maximum absolute atomic E-state index is 12.2. The third kappa shape index (κ3) is 7.84. The minimum absolute atomic E-state index is 0.00729. The van der Waals surface area contributed by atoms with E-state index in [4.69, 9.17) is 9.47 Å². The highest BCUT2D eigenvalue weighted by Crippen LogP contribution is 2.29. The number of carbonyl (C=O) groups is 1. The zero-order valence-electron chi connectivity index (χ0n) is 17.6. The Balaban J connectivity index is 0.000000537. The molecule has 0 N–H and O–H groups in total. The average molecular weight is 404 g/mol. The molecule has 29 heavy (non-hydrogen) atoms. The van der Waals surface area contributed by atoms with Gasteiger partial charge in [0, 0.05) is 6.42 Å². The molecule has 0 aliphatic carbocycles. The summed E-state index contributed by atoms with van der Waals surface area (Å²) in [6.45, 7) is 5.98. The van der Waals surface area contributed by atoms with Crippen molar-refractivity contribution in [1.82, 2.24) is 0 Å². The largest absolute Gasteiger partial charge is 0.458 e. The van der Waals surface area contributed by atoms with Crippen molar-refractivity contribution in [2.75, 3.05) is 0 Å². The van der Waals surface area contributed by atoms with E-state index in [1.807, 2.05) is 24.3 Å². The van der Waals surface area contributed by atoms with Crippen molar-refractivity contribution in [2.24, 2.45) is 0 Å². The molecule has 0 aromatic heterocycles. The normalized spacial score (nSPS) is 15.7. The molecule has 0 bridgehead atoms. The summed E-state index contributed by atoms with van der Waals surface area (Å²) in [7, 11) is 0. The van der Waals surface area contributed by atoms with Crippen molar-refractivity contribution in [3.63, 3.8) is 0 Å². The fourth-order valence-electron chi connectivity index (χ4n) is 3.12. The number of cyclic esters (lactones) is 1. The zero-order chi connectivity index (χ0) is 21.4. The summed E-state index contributed by atoms with van der Waals surface area (Å²) in [5, 5.41) is 0. The second-order valence-electron chi connectivity index (χ2n) is 7.66. The van der Waals surface area contributed by atoms with Crippen LogP contribution < -0.4 is 4.74 Å². The molecule has 3 rings (SSSR count). The van der Waals surface area contributed by atoms with Crippen molar-refractivity contribution in [2.45, 2.75) is 71.8 Å². The summed E-state index contributed by atoms with van der Waals surface area (Å²) in [6.07, 6.45) is 4.93. The van der Waals surface area contributed by atoms with Crippen molar-refractivity contribution in [3.05, 3.63) is 59.2 Å². The Morgan fingerprint density at radius 1 is 1.03 bits per heavy atom. The second-order valence-corrected chi connectivity index (χ2v) is 7.66. The molecule has 1 aliphatic heterocycles. The van der Waals surface area contributed by atoms with Gasteiger partial charge in [-0.15, -0.1) is 0 Å². The Morgan fingerprint density at radius 2 is 1.66 bits per heavy atom. The molecule has 1 aliphatic rings. The van der Waals surface area contributed by atoms with Crippen LogP contribution in [0.25, 0.3) is 0 Å². The van der Waals surface area contributed by atoms with Crippen LogP contribution in [0.4, 0.5) is 8.78 Å². The van der Waals surface area contributed by atoms with Crippen LogP contribution in [0, 0.1) is 0 Å². The van der Waals surface area contributed by atoms with Crippen LogP contribution in [-0.2, 0) is 17.6 Å². The van der Waals surface area contributed by atoms with Gasteiger partial charge in [0.15, 0.2) is 0 Å². The lowest BCUT2D eigenvalue weighted by molar-refractivity contribution is 0.0235. The summed E-state index contributed by atoms with van der Waals surface area (Å²) in [5.41, 5.74) is 2.98. The fraction of sp³-hybridized carbons (Fsp3) is 0.458. The summed E-state index contributed by atoms with van der Waals surface area (Å²) in [6, 6.07) is 13.8. The number of halogens is 2. The quantitative estimate of drug-likeness (QED) is 0.488. The number of rotatable bonds is 6. The Bertz CT molecular complexity index is 789. The van der Waals surface area contributed by atoms with E-state index >= 15 is 0 Å². The molecule has 2 aromatic carbocycles. The van der Waals surface area contributed by atoms with Gasteiger partial charge < -0.3 is 9.47 Å². The number of hydrogen-bond acceptors (Lipinski definition) is 3. The van der Waals surface area contributed by atoms with Crippen molar-refractivity contribution in [1.29, 1.82) is 0 Å². The molecule has 0 amide bonds. The van der Waals surface area contributed by atoms with Crippen LogP contribution in [0.5, 0.6) is 11.5 Å². The third-order valence-corrected chi connectivity index (χ3v) is 4.33. The number of hydrogen-bond donors (Lipinski definition) is 0. The summed E-state index contributed by atoms with van der Waals surface area (Å²) < 4.78 is 33.4. The molecule has 2 aromatic rings. The lowest BCUT2D eigenvalue weighted by Crippen LogP contribution is -2.27. The standard InChI is InChI=1S/C21H24O3.C3H6F2/c1-3-5-15-7-10-17(11-8-15)23-19-12-9-16-13-18(6-4-2)24-21(22)20(16)14-19;1-3(2,4)5/h7-12,14,18H,3-6,13H2,1-2H3;1-2H3. The molecule has 1 heterocycles. The Morgan fingerprint density at radius 3 is 2.24 bits per heavy atom. The molecule has 0 spiro atoms. The number of carbonyl (C=O) groups excluding carboxylic acids is 1. The maximum atomic E-state index is 12.2. The van der Waals surface area contributed by atoms with E-state index in [1.165, 1.54) is 5.56 Å². The van der Waals surface area contributed by atoms with E-state index in [0.717, 1.165) is 57.3 Å². The molecule has 1 atom stereocenters. The molecule has 5 heteroatoms. The van der Waals surface area contributed by atoms with Gasteiger partial charge in [0.1, 0.15) is 17.6 Å². The molecule has 0 saturated carbocycles. The van der Waals surface area contributed by atoms with Gasteiger partial charge in [-0.2, -0.15) is 0 Å². The number of fused-ring (bicyclic) bond motifs is 1. The monoisotopic (exact) mass is 404 g/mol. The van der Waals surface area contributed by atoms with Crippen LogP contribution in [0.3, 0.4) is 0 Å². The third-order valence-electron chi connectivity index (χ3n) is 4.33. The molecular formula is C24H30F2O3. The van der Waals surface area contributed by atoms with Gasteiger partial charge in [0.2, 0.25) is 5.92 Å². The van der Waals surface area contributed by atoms with Crippen LogP contribution in [0.15, 0.2) is 42.5 Å². The van der Waals surface area contributed by atoms with E-state index in [9.17, 15) is 13.6 Å². The van der Waals surface area contributed by atoms with Gasteiger partial charge in [0.25, 0.3) is 0 Å². The maximum Gasteiger partial charge on any atom is 0.338 e. The second kappa shape index (κ2) is 10.4. The highest BCUT2D eigenvalue weighted by molar-refractivity contribution is 5.92. The first-order chi connectivity index (χ1) is 13.7. The van der Waals surface area contributed by atoms with Gasteiger partial charge in [0.05, 0.1) is 5.56 Å². The number of benzene rings is 2. The predicted molar refractivity (Wildman–Crippen MR) is 111 cm³/mol. The van der Waals surface area contributed by atoms with Crippen molar-refractivity contribution >= 4 is 5.97 Å². The van der Waals surface area contributed by atoms with E-state index in [1.54, 1.807) is 6.07 Å². The molecule has 1 unspecified atom stereocenters. The van der Waals surface area contributed by atoms with Crippen LogP contribution >= 0.6 is 0 Å². The molecule has 158 valence electrons. The molecule has 3 nitrogen and oxygen atoms in total. The first kappa shape index (κ1) is 22.9. The average Bonchev–Trinajstić information content (AvgIpc) is 2.63. The lowest BCUT2D eigenvalue weighted by Gasteiger charge is -2.24. The minimum atomic E-state index is -2.50. The topological polar surface area (TPSA) is 35.5 Å². The molecular weight excluding hydrogens is 374 g/mol. The highest BCUT2D eigenvalue weighted by Gasteiger charge is 2.26. The predicted octanol–water partition coefficient (Wildman–Crippen LogP) is 6.97. The van der Waals surface area contributed by atoms with Crippen LogP contribution in [-0.4, -0.2) is 18.0 Å². The molecule has 0 fully saturated rings.